The number of rotatable bonds is 11. The van der Waals surface area contributed by atoms with Gasteiger partial charge in [0.25, 0.3) is 17.5 Å². The molecule has 3 rings (SSSR count). The Balaban J connectivity index is 0.00000441. The van der Waals surface area contributed by atoms with E-state index in [1.807, 2.05) is 0 Å². The van der Waals surface area contributed by atoms with Gasteiger partial charge in [-0.1, -0.05) is 5.16 Å². The van der Waals surface area contributed by atoms with E-state index >= 15 is 0 Å². The monoisotopic (exact) mass is 623 g/mol. The van der Waals surface area contributed by atoms with Crippen LogP contribution in [0.4, 0.5) is 10.8 Å². The van der Waals surface area contributed by atoms with Gasteiger partial charge in [0, 0.05) is 17.5 Å². The largest absolute Gasteiger partial charge is 1.00 e. The van der Waals surface area contributed by atoms with Gasteiger partial charge < -0.3 is 27.8 Å². The number of carbonyl (C=O) groups excluding carboxylic acids is 4. The zero-order chi connectivity index (χ0) is 30.0. The topological polar surface area (TPSA) is 277 Å². The first-order valence-electron chi connectivity index (χ1n) is 10.8. The van der Waals surface area contributed by atoms with Crippen molar-refractivity contribution in [3.05, 3.63) is 51.0 Å². The molecule has 1 saturated heterocycles. The quantitative estimate of drug-likeness (QED) is 0.0353. The van der Waals surface area contributed by atoms with Gasteiger partial charge in [0.2, 0.25) is 11.5 Å². The summed E-state index contributed by atoms with van der Waals surface area (Å²) in [4.78, 5) is 68.9. The second-order valence-electron chi connectivity index (χ2n) is 8.52. The van der Waals surface area contributed by atoms with Crippen molar-refractivity contribution in [3.8, 4) is 0 Å². The fourth-order valence-corrected chi connectivity index (χ4v) is 4.59. The van der Waals surface area contributed by atoms with Crippen molar-refractivity contribution < 1.29 is 77.6 Å². The maximum atomic E-state index is 13.0. The Morgan fingerprint density at radius 3 is 2.41 bits per heavy atom. The van der Waals surface area contributed by atoms with Crippen LogP contribution in [0.1, 0.15) is 26.5 Å². The SMILES string of the molecule is CC(C)(O/N=C(/C(=O)NC1C(=O)N(S(=O)(=O)O)C1C(N)=O)c1csc(N)n1)C(=O)OCc1ccc([N+](=O)[O-])cc1.[H-].[Na+]. The summed E-state index contributed by atoms with van der Waals surface area (Å²) in [5, 5.41) is 17.8. The van der Waals surface area contributed by atoms with Crippen LogP contribution < -0.4 is 46.3 Å². The smallest absolute Gasteiger partial charge is 1.00 e. The van der Waals surface area contributed by atoms with Crippen molar-refractivity contribution in [3.63, 3.8) is 0 Å². The van der Waals surface area contributed by atoms with Gasteiger partial charge in [0.1, 0.15) is 18.3 Å². The second-order valence-corrected chi connectivity index (χ2v) is 10.7. The normalized spacial score (nSPS) is 17.1. The van der Waals surface area contributed by atoms with E-state index in [2.05, 4.69) is 15.5 Å². The van der Waals surface area contributed by atoms with Crippen molar-refractivity contribution in [2.24, 2.45) is 10.9 Å². The number of primary amides is 1. The Bertz CT molecular complexity index is 1520. The fourth-order valence-electron chi connectivity index (χ4n) is 3.18. The number of thiazole rings is 1. The van der Waals surface area contributed by atoms with Crippen LogP contribution in [-0.2, 0) is 45.7 Å². The van der Waals surface area contributed by atoms with E-state index in [1.54, 1.807) is 0 Å². The van der Waals surface area contributed by atoms with E-state index in [1.165, 1.54) is 43.5 Å². The van der Waals surface area contributed by atoms with Gasteiger partial charge in [0.05, 0.1) is 4.92 Å². The summed E-state index contributed by atoms with van der Waals surface area (Å²) in [5.41, 5.74) is 8.42. The summed E-state index contributed by atoms with van der Waals surface area (Å²) in [6.07, 6.45) is 0. The number of esters is 1. The van der Waals surface area contributed by atoms with Crippen LogP contribution in [0.2, 0.25) is 0 Å². The molecule has 1 fully saturated rings. The molecule has 18 nitrogen and oxygen atoms in total. The number of benzene rings is 1. The molecule has 0 bridgehead atoms. The molecule has 1 aromatic heterocycles. The molecule has 21 heteroatoms. The molecule has 1 aliphatic rings. The van der Waals surface area contributed by atoms with Crippen LogP contribution in [0.25, 0.3) is 0 Å². The zero-order valence-electron chi connectivity index (χ0n) is 22.5. The first-order chi connectivity index (χ1) is 18.5. The molecule has 2 heterocycles. The summed E-state index contributed by atoms with van der Waals surface area (Å²) >= 11 is 0.902. The van der Waals surface area contributed by atoms with E-state index in [4.69, 9.17) is 25.6 Å². The van der Waals surface area contributed by atoms with E-state index in [9.17, 15) is 37.7 Å². The molecule has 3 amide bonds. The van der Waals surface area contributed by atoms with Gasteiger partial charge in [-0.15, -0.1) is 11.3 Å². The van der Waals surface area contributed by atoms with Gasteiger partial charge in [-0.2, -0.15) is 12.7 Å². The predicted octanol–water partition coefficient (Wildman–Crippen LogP) is -4.02. The summed E-state index contributed by atoms with van der Waals surface area (Å²) in [5.74, 6) is -4.83. The number of oxime groups is 1. The van der Waals surface area contributed by atoms with Gasteiger partial charge in [-0.25, -0.2) is 9.78 Å². The van der Waals surface area contributed by atoms with Crippen LogP contribution in [0.5, 0.6) is 0 Å². The number of hydrogen-bond donors (Lipinski definition) is 4. The number of nitrogens with one attached hydrogen (secondary N) is 1. The Labute approximate surface area is 258 Å². The summed E-state index contributed by atoms with van der Waals surface area (Å²) in [7, 11) is -5.15. The molecule has 0 radical (unpaired) electrons. The first-order valence-corrected chi connectivity index (χ1v) is 13.1. The first kappa shape index (κ1) is 33.5. The van der Waals surface area contributed by atoms with Gasteiger partial charge in [-0.05, 0) is 31.5 Å². The zero-order valence-corrected chi connectivity index (χ0v) is 25.2. The molecule has 1 aromatic carbocycles. The minimum Gasteiger partial charge on any atom is -1.00 e. The molecular weight excluding hydrogens is 601 g/mol. The van der Waals surface area contributed by atoms with Crippen LogP contribution in [-0.4, -0.2) is 74.3 Å². The summed E-state index contributed by atoms with van der Waals surface area (Å²) in [6.45, 7) is 2.23. The number of β-lactam (4-membered cyclic amide) rings is 1. The van der Waals surface area contributed by atoms with Crippen LogP contribution in [0.3, 0.4) is 0 Å². The van der Waals surface area contributed by atoms with E-state index < -0.39 is 62.3 Å². The van der Waals surface area contributed by atoms with Crippen LogP contribution >= 0.6 is 11.3 Å². The van der Waals surface area contributed by atoms with Crippen LogP contribution in [0, 0.1) is 10.1 Å². The Hall–Kier alpha value is -3.69. The molecule has 2 aromatic rings. The van der Waals surface area contributed by atoms with Crippen molar-refractivity contribution in [2.75, 3.05) is 5.73 Å². The van der Waals surface area contributed by atoms with E-state index in [-0.39, 0.29) is 58.4 Å². The summed E-state index contributed by atoms with van der Waals surface area (Å²) < 4.78 is 36.9. The third-order valence-electron chi connectivity index (χ3n) is 5.23. The molecule has 6 N–H and O–H groups in total. The molecule has 41 heavy (non-hydrogen) atoms. The number of nitro groups is 1. The van der Waals surface area contributed by atoms with Crippen molar-refractivity contribution in [2.45, 2.75) is 38.1 Å². The average molecular weight is 624 g/mol. The molecule has 0 saturated carbocycles. The number of non-ortho nitro benzene ring substituents is 1. The van der Waals surface area contributed by atoms with Crippen molar-refractivity contribution in [1.29, 1.82) is 0 Å². The molecular formula is C20H22N7NaO11S2. The third-order valence-corrected chi connectivity index (χ3v) is 6.81. The molecule has 216 valence electrons. The maximum Gasteiger partial charge on any atom is 1.00 e. The Kier molecular flexibility index (Phi) is 10.5. The average Bonchev–Trinajstić information content (AvgIpc) is 3.28. The van der Waals surface area contributed by atoms with E-state index in [0.29, 0.717) is 5.56 Å². The number of anilines is 1. The molecule has 0 spiro atoms. The minimum absolute atomic E-state index is 0. The third kappa shape index (κ3) is 7.74. The Morgan fingerprint density at radius 1 is 1.32 bits per heavy atom. The minimum atomic E-state index is -5.15. The number of nitro benzene ring substituents is 1. The summed E-state index contributed by atoms with van der Waals surface area (Å²) in [6, 6.07) is 1.51. The number of nitrogens with zero attached hydrogens (tertiary/aromatic N) is 4. The number of amides is 3. The number of nitrogens with two attached hydrogens (primary N) is 2. The number of aromatic nitrogens is 1. The number of ether oxygens (including phenoxy) is 1. The molecule has 0 aliphatic carbocycles. The fraction of sp³-hybridized carbons (Fsp3) is 0.300. The number of hydrogen-bond acceptors (Lipinski definition) is 14. The van der Waals surface area contributed by atoms with Crippen LogP contribution in [0.15, 0.2) is 34.8 Å². The molecule has 2 unspecified atom stereocenters. The number of carbonyl (C=O) groups is 4. The molecule has 2 atom stereocenters. The van der Waals surface area contributed by atoms with Crippen molar-refractivity contribution >= 4 is 61.9 Å². The maximum absolute atomic E-state index is 13.0. The Morgan fingerprint density at radius 2 is 1.93 bits per heavy atom. The van der Waals surface area contributed by atoms with Gasteiger partial charge >= 0.3 is 45.8 Å². The predicted molar refractivity (Wildman–Crippen MR) is 136 cm³/mol. The van der Waals surface area contributed by atoms with Gasteiger partial charge in [0.15, 0.2) is 16.9 Å². The van der Waals surface area contributed by atoms with Gasteiger partial charge in [-0.3, -0.25) is 29.1 Å². The van der Waals surface area contributed by atoms with Crippen molar-refractivity contribution in [1.82, 2.24) is 14.6 Å². The number of nitrogen functional groups attached to an aromatic ring is 1. The second kappa shape index (κ2) is 12.9. The standard InChI is InChI=1S/C20H21N7O11S2.Na.H/c1-20(2,18(31)37-7-9-3-5-10(6-4-9)27(32)33)38-25-12(11-8-39-19(22)23-11)16(29)24-13-14(15(21)28)26(17(13)30)40(34,35)36;;/h3-6,8,13-14H,7H2,1-2H3,(H2,21,28)(H2,22,23)(H,24,29)(H,34,35,36);;/q;+1;-1/b25-12+;;. The molecule has 1 aliphatic heterocycles. The van der Waals surface area contributed by atoms with E-state index in [0.717, 1.165) is 11.3 Å².